The lowest BCUT2D eigenvalue weighted by atomic mass is 10.2. The highest BCUT2D eigenvalue weighted by Gasteiger charge is 2.11. The molecule has 10 heteroatoms. The Balaban J connectivity index is 1.71. The molecule has 144 valence electrons. The fourth-order valence-electron chi connectivity index (χ4n) is 2.23. The second-order valence-corrected chi connectivity index (χ2v) is 6.35. The number of nitrogens with one attached hydrogen (secondary N) is 1. The smallest absolute Gasteiger partial charge is 0.337 e. The first-order valence-corrected chi connectivity index (χ1v) is 8.77. The minimum atomic E-state index is -0.450. The van der Waals surface area contributed by atoms with Gasteiger partial charge in [-0.25, -0.2) is 9.18 Å². The van der Waals surface area contributed by atoms with Gasteiger partial charge in [-0.1, -0.05) is 0 Å². The third-order valence-electron chi connectivity index (χ3n) is 3.51. The number of hydrogen-bond acceptors (Lipinski definition) is 8. The molecule has 3 aromatic rings. The van der Waals surface area contributed by atoms with Crippen LogP contribution in [-0.2, 0) is 11.3 Å². The first kappa shape index (κ1) is 19.5. The average molecular weight is 448 g/mol. The van der Waals surface area contributed by atoms with Crippen LogP contribution < -0.4 is 15.8 Å². The van der Waals surface area contributed by atoms with Crippen LogP contribution in [0.2, 0.25) is 0 Å². The summed E-state index contributed by atoms with van der Waals surface area (Å²) in [6, 6.07) is 10.5. The zero-order chi connectivity index (χ0) is 20.1. The molecule has 0 fully saturated rings. The summed E-state index contributed by atoms with van der Waals surface area (Å²) in [6.45, 7) is 0.0149. The maximum Gasteiger partial charge on any atom is 0.337 e. The molecule has 1 heterocycles. The molecule has 0 radical (unpaired) electrons. The van der Waals surface area contributed by atoms with Crippen molar-refractivity contribution in [2.75, 3.05) is 18.2 Å². The molecule has 2 aromatic carbocycles. The number of halogens is 2. The molecule has 8 nitrogen and oxygen atoms in total. The lowest BCUT2D eigenvalue weighted by Gasteiger charge is -2.10. The number of carbonyl (C=O) groups is 1. The van der Waals surface area contributed by atoms with Crippen LogP contribution in [-0.4, -0.2) is 28.0 Å². The van der Waals surface area contributed by atoms with Gasteiger partial charge in [0.1, 0.15) is 18.2 Å². The van der Waals surface area contributed by atoms with Gasteiger partial charge in [-0.05, 0) is 58.4 Å². The van der Waals surface area contributed by atoms with Crippen LogP contribution in [0.1, 0.15) is 16.2 Å². The molecule has 0 spiro atoms. The highest BCUT2D eigenvalue weighted by atomic mass is 79.9. The first-order chi connectivity index (χ1) is 13.4. The summed E-state index contributed by atoms with van der Waals surface area (Å²) in [4.78, 5) is 23.8. The van der Waals surface area contributed by atoms with E-state index in [-0.39, 0.29) is 24.3 Å². The second kappa shape index (κ2) is 8.61. The molecule has 0 atom stereocenters. The van der Waals surface area contributed by atoms with Crippen molar-refractivity contribution in [3.8, 4) is 5.75 Å². The number of ether oxygens (including phenoxy) is 2. The zero-order valence-electron chi connectivity index (χ0n) is 14.6. The maximum absolute atomic E-state index is 13.0. The van der Waals surface area contributed by atoms with Crippen molar-refractivity contribution in [1.29, 1.82) is 0 Å². The topological polar surface area (TPSA) is 112 Å². The molecule has 0 aliphatic carbocycles. The monoisotopic (exact) mass is 447 g/mol. The van der Waals surface area contributed by atoms with Crippen LogP contribution in [0.25, 0.3) is 0 Å². The van der Waals surface area contributed by atoms with E-state index in [1.54, 1.807) is 30.3 Å². The van der Waals surface area contributed by atoms with Gasteiger partial charge in [-0.2, -0.15) is 15.0 Å². The Morgan fingerprint density at radius 2 is 1.93 bits per heavy atom. The number of nitrogen functional groups attached to an aromatic ring is 1. The van der Waals surface area contributed by atoms with Crippen LogP contribution in [0.5, 0.6) is 5.75 Å². The maximum atomic E-state index is 13.0. The Morgan fingerprint density at radius 1 is 1.18 bits per heavy atom. The molecule has 0 bridgehead atoms. The van der Waals surface area contributed by atoms with Crippen LogP contribution in [0, 0.1) is 5.82 Å². The van der Waals surface area contributed by atoms with Gasteiger partial charge < -0.3 is 20.5 Å². The molecule has 0 saturated carbocycles. The number of nitrogens with two attached hydrogens (primary N) is 1. The van der Waals surface area contributed by atoms with E-state index in [2.05, 4.69) is 40.9 Å². The number of benzene rings is 2. The summed E-state index contributed by atoms with van der Waals surface area (Å²) in [6.07, 6.45) is 0. The highest BCUT2D eigenvalue weighted by molar-refractivity contribution is 9.10. The zero-order valence-corrected chi connectivity index (χ0v) is 16.2. The van der Waals surface area contributed by atoms with E-state index in [0.29, 0.717) is 27.3 Å². The van der Waals surface area contributed by atoms with Gasteiger partial charge in [0.05, 0.1) is 17.1 Å². The van der Waals surface area contributed by atoms with Gasteiger partial charge in [-0.3, -0.25) is 0 Å². The van der Waals surface area contributed by atoms with E-state index >= 15 is 0 Å². The molecule has 0 aliphatic heterocycles. The van der Waals surface area contributed by atoms with Crippen molar-refractivity contribution >= 4 is 39.5 Å². The molecule has 0 aliphatic rings. The van der Waals surface area contributed by atoms with Crippen LogP contribution in [0.15, 0.2) is 46.9 Å². The Bertz CT molecular complexity index is 1000. The van der Waals surface area contributed by atoms with Crippen LogP contribution >= 0.6 is 15.9 Å². The molecule has 1 aromatic heterocycles. The van der Waals surface area contributed by atoms with Crippen molar-refractivity contribution in [2.45, 2.75) is 6.61 Å². The van der Waals surface area contributed by atoms with E-state index in [4.69, 9.17) is 10.5 Å². The fourth-order valence-corrected chi connectivity index (χ4v) is 2.72. The van der Waals surface area contributed by atoms with Gasteiger partial charge in [0, 0.05) is 5.69 Å². The summed E-state index contributed by atoms with van der Waals surface area (Å²) < 4.78 is 23.9. The van der Waals surface area contributed by atoms with E-state index < -0.39 is 5.97 Å². The molecule has 3 rings (SSSR count). The summed E-state index contributed by atoms with van der Waals surface area (Å²) in [5.74, 6) is 0.199. The lowest BCUT2D eigenvalue weighted by Crippen LogP contribution is -2.09. The summed E-state index contributed by atoms with van der Waals surface area (Å²) in [5, 5.41) is 2.92. The van der Waals surface area contributed by atoms with Crippen molar-refractivity contribution in [2.24, 2.45) is 0 Å². The van der Waals surface area contributed by atoms with Gasteiger partial charge >= 0.3 is 5.97 Å². The minimum Gasteiger partial charge on any atom is -0.484 e. The SMILES string of the molecule is COC(=O)c1ccc(OCc2nc(N)nc(Nc3ccc(F)cc3)n2)c(Br)c1. The van der Waals surface area contributed by atoms with E-state index in [9.17, 15) is 9.18 Å². The van der Waals surface area contributed by atoms with E-state index in [1.165, 1.54) is 19.2 Å². The molecular weight excluding hydrogens is 433 g/mol. The number of rotatable bonds is 6. The number of nitrogens with zero attached hydrogens (tertiary/aromatic N) is 3. The number of methoxy groups -OCH3 is 1. The van der Waals surface area contributed by atoms with Gasteiger partial charge in [0.25, 0.3) is 0 Å². The van der Waals surface area contributed by atoms with Crippen LogP contribution in [0.3, 0.4) is 0 Å². The molecule has 0 amide bonds. The molecule has 28 heavy (non-hydrogen) atoms. The molecule has 3 N–H and O–H groups in total. The predicted molar refractivity (Wildman–Crippen MR) is 104 cm³/mol. The third-order valence-corrected chi connectivity index (χ3v) is 4.13. The Hall–Kier alpha value is -3.27. The fraction of sp³-hybridized carbons (Fsp3) is 0.111. The number of esters is 1. The van der Waals surface area contributed by atoms with Crippen LogP contribution in [0.4, 0.5) is 22.0 Å². The normalized spacial score (nSPS) is 10.4. The van der Waals surface area contributed by atoms with Crippen molar-refractivity contribution < 1.29 is 18.7 Å². The average Bonchev–Trinajstić information content (AvgIpc) is 2.67. The minimum absolute atomic E-state index is 0.0123. The van der Waals surface area contributed by atoms with Gasteiger partial charge in [-0.15, -0.1) is 0 Å². The van der Waals surface area contributed by atoms with E-state index in [1.807, 2.05) is 0 Å². The van der Waals surface area contributed by atoms with Crippen molar-refractivity contribution in [3.05, 3.63) is 64.1 Å². The number of hydrogen-bond donors (Lipinski definition) is 2. The number of carbonyl (C=O) groups excluding carboxylic acids is 1. The number of anilines is 3. The summed E-state index contributed by atoms with van der Waals surface area (Å²) in [5.41, 5.74) is 6.71. The van der Waals surface area contributed by atoms with Crippen molar-refractivity contribution in [3.63, 3.8) is 0 Å². The third kappa shape index (κ3) is 4.92. The lowest BCUT2D eigenvalue weighted by molar-refractivity contribution is 0.0600. The van der Waals surface area contributed by atoms with Crippen molar-refractivity contribution in [1.82, 2.24) is 15.0 Å². The Morgan fingerprint density at radius 3 is 2.61 bits per heavy atom. The first-order valence-electron chi connectivity index (χ1n) is 7.98. The largest absolute Gasteiger partial charge is 0.484 e. The summed E-state index contributed by atoms with van der Waals surface area (Å²) >= 11 is 3.34. The van der Waals surface area contributed by atoms with E-state index in [0.717, 1.165) is 0 Å². The molecule has 0 unspecified atom stereocenters. The van der Waals surface area contributed by atoms with Gasteiger partial charge in [0.15, 0.2) is 5.82 Å². The molecule has 0 saturated heterocycles. The predicted octanol–water partition coefficient (Wildman–Crippen LogP) is 3.46. The summed E-state index contributed by atoms with van der Waals surface area (Å²) in [7, 11) is 1.31. The quantitative estimate of drug-likeness (QED) is 0.552. The second-order valence-electron chi connectivity index (χ2n) is 5.49. The number of aromatic nitrogens is 3. The van der Waals surface area contributed by atoms with Gasteiger partial charge in [0.2, 0.25) is 11.9 Å². The highest BCUT2D eigenvalue weighted by Crippen LogP contribution is 2.27. The standard InChI is InChI=1S/C18H15BrFN5O3/c1-27-16(26)10-2-7-14(13(19)8-10)28-9-15-23-17(21)25-18(24-15)22-12-5-3-11(20)4-6-12/h2-8H,9H2,1H3,(H3,21,22,23,24,25). The Labute approximate surface area is 168 Å². The Kier molecular flexibility index (Phi) is 5.99. The molecular formula is C18H15BrFN5O3.